The molecule has 6 heteroatoms. The van der Waals surface area contributed by atoms with Crippen LogP contribution < -0.4 is 15.1 Å². The van der Waals surface area contributed by atoms with Crippen molar-refractivity contribution < 1.29 is 9.59 Å². The number of amides is 2. The van der Waals surface area contributed by atoms with Gasteiger partial charge in [0.2, 0.25) is 11.8 Å². The van der Waals surface area contributed by atoms with Crippen LogP contribution in [0.1, 0.15) is 18.9 Å². The van der Waals surface area contributed by atoms with Gasteiger partial charge in [0.25, 0.3) is 0 Å². The standard InChI is InChI=1S/C23H30N4O2/c1-18-4-8-22(9-5-18)27(19(2)28)13-12-23(29)24-20-6-10-21(11-7-20)26-16-14-25(3)15-17-26/h4-11H,12-17H2,1-3H3,(H,24,29). The van der Waals surface area contributed by atoms with Crippen molar-refractivity contribution >= 4 is 28.9 Å². The normalized spacial score (nSPS) is 14.5. The number of hydrogen-bond donors (Lipinski definition) is 1. The van der Waals surface area contributed by atoms with E-state index in [0.717, 1.165) is 43.1 Å². The smallest absolute Gasteiger partial charge is 0.226 e. The van der Waals surface area contributed by atoms with Gasteiger partial charge in [-0.2, -0.15) is 0 Å². The van der Waals surface area contributed by atoms with Crippen molar-refractivity contribution in [2.45, 2.75) is 20.3 Å². The molecule has 1 aliphatic rings. The fourth-order valence-corrected chi connectivity index (χ4v) is 3.45. The first-order valence-electron chi connectivity index (χ1n) is 10.1. The molecule has 1 heterocycles. The Bertz CT molecular complexity index is 825. The minimum absolute atomic E-state index is 0.0711. The monoisotopic (exact) mass is 394 g/mol. The molecule has 3 rings (SSSR count). The first-order chi connectivity index (χ1) is 13.9. The Kier molecular flexibility index (Phi) is 6.88. The van der Waals surface area contributed by atoms with Gasteiger partial charge < -0.3 is 20.0 Å². The highest BCUT2D eigenvalue weighted by atomic mass is 16.2. The summed E-state index contributed by atoms with van der Waals surface area (Å²) < 4.78 is 0. The number of carbonyl (C=O) groups is 2. The predicted octanol–water partition coefficient (Wildman–Crippen LogP) is 3.13. The zero-order valence-corrected chi connectivity index (χ0v) is 17.5. The maximum Gasteiger partial charge on any atom is 0.226 e. The van der Waals surface area contributed by atoms with E-state index in [2.05, 4.69) is 34.3 Å². The van der Waals surface area contributed by atoms with E-state index in [-0.39, 0.29) is 18.2 Å². The molecule has 0 spiro atoms. The number of nitrogens with one attached hydrogen (secondary N) is 1. The lowest BCUT2D eigenvalue weighted by atomic mass is 10.2. The molecule has 2 aromatic carbocycles. The van der Waals surface area contributed by atoms with E-state index in [1.165, 1.54) is 12.6 Å². The lowest BCUT2D eigenvalue weighted by Gasteiger charge is -2.34. The minimum atomic E-state index is -0.101. The van der Waals surface area contributed by atoms with Crippen molar-refractivity contribution in [3.63, 3.8) is 0 Å². The molecule has 0 bridgehead atoms. The summed E-state index contributed by atoms with van der Waals surface area (Å²) in [6, 6.07) is 15.7. The summed E-state index contributed by atoms with van der Waals surface area (Å²) in [7, 11) is 2.14. The quantitative estimate of drug-likeness (QED) is 0.818. The van der Waals surface area contributed by atoms with Crippen LogP contribution in [0.3, 0.4) is 0 Å². The van der Waals surface area contributed by atoms with Crippen molar-refractivity contribution in [3.8, 4) is 0 Å². The third-order valence-corrected chi connectivity index (χ3v) is 5.31. The van der Waals surface area contributed by atoms with Crippen LogP contribution in [0.5, 0.6) is 0 Å². The maximum atomic E-state index is 12.4. The highest BCUT2D eigenvalue weighted by Crippen LogP contribution is 2.20. The van der Waals surface area contributed by atoms with E-state index in [9.17, 15) is 9.59 Å². The average Bonchev–Trinajstić information content (AvgIpc) is 2.70. The lowest BCUT2D eigenvalue weighted by Crippen LogP contribution is -2.44. The molecule has 0 unspecified atom stereocenters. The summed E-state index contributed by atoms with van der Waals surface area (Å²) in [4.78, 5) is 30.7. The Balaban J connectivity index is 1.53. The zero-order chi connectivity index (χ0) is 20.8. The largest absolute Gasteiger partial charge is 0.369 e. The molecule has 0 aromatic heterocycles. The van der Waals surface area contributed by atoms with Crippen molar-refractivity contribution in [2.24, 2.45) is 0 Å². The van der Waals surface area contributed by atoms with Gasteiger partial charge in [-0.15, -0.1) is 0 Å². The van der Waals surface area contributed by atoms with Gasteiger partial charge in [-0.05, 0) is 50.4 Å². The molecule has 2 aromatic rings. The summed E-state index contributed by atoms with van der Waals surface area (Å²) in [6.07, 6.45) is 0.244. The van der Waals surface area contributed by atoms with Crippen LogP contribution in [0.25, 0.3) is 0 Å². The summed E-state index contributed by atoms with van der Waals surface area (Å²) >= 11 is 0. The topological polar surface area (TPSA) is 55.9 Å². The van der Waals surface area contributed by atoms with Gasteiger partial charge in [-0.25, -0.2) is 0 Å². The number of carbonyl (C=O) groups excluding carboxylic acids is 2. The third kappa shape index (κ3) is 5.81. The molecule has 1 N–H and O–H groups in total. The average molecular weight is 395 g/mol. The Hall–Kier alpha value is -2.86. The number of aryl methyl sites for hydroxylation is 1. The van der Waals surface area contributed by atoms with Crippen LogP contribution in [-0.4, -0.2) is 56.5 Å². The number of hydrogen-bond acceptors (Lipinski definition) is 4. The molecule has 1 fully saturated rings. The third-order valence-electron chi connectivity index (χ3n) is 5.31. The number of rotatable bonds is 6. The second-order valence-electron chi connectivity index (χ2n) is 7.64. The predicted molar refractivity (Wildman–Crippen MR) is 119 cm³/mol. The van der Waals surface area contributed by atoms with E-state index in [1.54, 1.807) is 4.90 Å². The molecule has 154 valence electrons. The van der Waals surface area contributed by atoms with Crippen LogP contribution in [0.15, 0.2) is 48.5 Å². The summed E-state index contributed by atoms with van der Waals surface area (Å²) in [5.41, 5.74) is 3.90. The first-order valence-corrected chi connectivity index (χ1v) is 10.1. The highest BCUT2D eigenvalue weighted by molar-refractivity contribution is 5.94. The van der Waals surface area contributed by atoms with Crippen LogP contribution in [0.2, 0.25) is 0 Å². The van der Waals surface area contributed by atoms with Gasteiger partial charge in [-0.3, -0.25) is 9.59 Å². The number of nitrogens with zero attached hydrogens (tertiary/aromatic N) is 3. The Morgan fingerprint density at radius 2 is 1.59 bits per heavy atom. The lowest BCUT2D eigenvalue weighted by molar-refractivity contribution is -0.117. The molecule has 0 radical (unpaired) electrons. The molecular formula is C23H30N4O2. The Labute approximate surface area is 173 Å². The minimum Gasteiger partial charge on any atom is -0.369 e. The van der Waals surface area contributed by atoms with E-state index in [4.69, 9.17) is 0 Å². The first kappa shape index (κ1) is 20.9. The van der Waals surface area contributed by atoms with Crippen LogP contribution >= 0.6 is 0 Å². The van der Waals surface area contributed by atoms with Gasteiger partial charge in [0.05, 0.1) is 0 Å². The van der Waals surface area contributed by atoms with Gasteiger partial charge in [0.15, 0.2) is 0 Å². The molecule has 0 atom stereocenters. The van der Waals surface area contributed by atoms with Gasteiger partial charge in [0.1, 0.15) is 0 Å². The molecule has 0 saturated carbocycles. The van der Waals surface area contributed by atoms with E-state index in [1.807, 2.05) is 43.3 Å². The summed E-state index contributed by atoms with van der Waals surface area (Å²) in [5, 5.41) is 2.93. The summed E-state index contributed by atoms with van der Waals surface area (Å²) in [6.45, 7) is 8.03. The van der Waals surface area contributed by atoms with Gasteiger partial charge in [-0.1, -0.05) is 17.7 Å². The van der Waals surface area contributed by atoms with Crippen LogP contribution in [0.4, 0.5) is 17.1 Å². The number of anilines is 3. The molecule has 2 amide bonds. The van der Waals surface area contributed by atoms with Crippen molar-refractivity contribution in [2.75, 3.05) is 54.9 Å². The van der Waals surface area contributed by atoms with Gasteiger partial charge in [0, 0.05) is 63.1 Å². The second kappa shape index (κ2) is 9.56. The summed E-state index contributed by atoms with van der Waals surface area (Å²) in [5.74, 6) is -0.172. The molecular weight excluding hydrogens is 364 g/mol. The molecule has 0 aliphatic carbocycles. The Morgan fingerprint density at radius 1 is 0.966 bits per heavy atom. The van der Waals surface area contributed by atoms with E-state index < -0.39 is 0 Å². The number of likely N-dealkylation sites (N-methyl/N-ethyl adjacent to an activating group) is 1. The van der Waals surface area contributed by atoms with Crippen molar-refractivity contribution in [3.05, 3.63) is 54.1 Å². The number of benzene rings is 2. The zero-order valence-electron chi connectivity index (χ0n) is 17.5. The van der Waals surface area contributed by atoms with Crippen molar-refractivity contribution in [1.29, 1.82) is 0 Å². The molecule has 29 heavy (non-hydrogen) atoms. The van der Waals surface area contributed by atoms with E-state index in [0.29, 0.717) is 6.54 Å². The Morgan fingerprint density at radius 3 is 2.17 bits per heavy atom. The second-order valence-corrected chi connectivity index (χ2v) is 7.64. The maximum absolute atomic E-state index is 12.4. The highest BCUT2D eigenvalue weighted by Gasteiger charge is 2.15. The fraction of sp³-hybridized carbons (Fsp3) is 0.391. The molecule has 1 aliphatic heterocycles. The van der Waals surface area contributed by atoms with Crippen molar-refractivity contribution in [1.82, 2.24) is 4.90 Å². The van der Waals surface area contributed by atoms with Crippen LogP contribution in [-0.2, 0) is 9.59 Å². The van der Waals surface area contributed by atoms with Gasteiger partial charge >= 0.3 is 0 Å². The fourth-order valence-electron chi connectivity index (χ4n) is 3.45. The SMILES string of the molecule is CC(=O)N(CCC(=O)Nc1ccc(N2CCN(C)CC2)cc1)c1ccc(C)cc1. The molecule has 6 nitrogen and oxygen atoms in total. The van der Waals surface area contributed by atoms with Crippen LogP contribution in [0, 0.1) is 6.92 Å². The number of piperazine rings is 1. The molecule has 1 saturated heterocycles. The van der Waals surface area contributed by atoms with E-state index >= 15 is 0 Å².